The predicted octanol–water partition coefficient (Wildman–Crippen LogP) is 2.59. The molecule has 0 bridgehead atoms. The fourth-order valence-corrected chi connectivity index (χ4v) is 2.95. The highest BCUT2D eigenvalue weighted by Crippen LogP contribution is 2.28. The molecule has 0 aliphatic carbocycles. The van der Waals surface area contributed by atoms with Gasteiger partial charge in [-0.25, -0.2) is 0 Å². The molecule has 2 N–H and O–H groups in total. The Morgan fingerprint density at radius 3 is 3.00 bits per heavy atom. The monoisotopic (exact) mass is 290 g/mol. The molecule has 0 fully saturated rings. The van der Waals surface area contributed by atoms with Crippen molar-refractivity contribution in [3.8, 4) is 0 Å². The number of carboxylic acid groups (broad SMARTS) is 1. The highest BCUT2D eigenvalue weighted by Gasteiger charge is 2.21. The normalized spacial score (nSPS) is 15.6. The molecule has 1 aliphatic rings. The number of carbonyl (C=O) groups is 1. The average Bonchev–Trinajstić information content (AvgIpc) is 2.46. The lowest BCUT2D eigenvalue weighted by Crippen LogP contribution is -2.41. The Labute approximate surface area is 127 Å². The Hall–Kier alpha value is -1.55. The predicted molar refractivity (Wildman–Crippen MR) is 86.0 cm³/mol. The van der Waals surface area contributed by atoms with E-state index in [0.29, 0.717) is 6.42 Å². The van der Waals surface area contributed by atoms with Crippen LogP contribution in [0.3, 0.4) is 0 Å². The number of aryl methyl sites for hydroxylation is 2. The summed E-state index contributed by atoms with van der Waals surface area (Å²) in [6.45, 7) is 6.75. The van der Waals surface area contributed by atoms with Crippen molar-refractivity contribution in [2.75, 3.05) is 24.5 Å². The van der Waals surface area contributed by atoms with Crippen LogP contribution in [0, 0.1) is 6.92 Å². The summed E-state index contributed by atoms with van der Waals surface area (Å²) in [6.07, 6.45) is 3.87. The van der Waals surface area contributed by atoms with Crippen LogP contribution >= 0.6 is 0 Å². The van der Waals surface area contributed by atoms with Crippen molar-refractivity contribution in [3.05, 3.63) is 29.3 Å². The van der Waals surface area contributed by atoms with Crippen LogP contribution < -0.4 is 10.2 Å². The maximum Gasteiger partial charge on any atom is 0.320 e. The molecule has 0 saturated heterocycles. The second-order valence-corrected chi connectivity index (χ2v) is 5.86. The summed E-state index contributed by atoms with van der Waals surface area (Å²) in [6, 6.07) is 6.13. The van der Waals surface area contributed by atoms with Gasteiger partial charge >= 0.3 is 5.97 Å². The third-order valence-electron chi connectivity index (χ3n) is 4.08. The molecule has 4 heteroatoms. The van der Waals surface area contributed by atoms with Gasteiger partial charge in [-0.15, -0.1) is 0 Å². The van der Waals surface area contributed by atoms with E-state index in [0.717, 1.165) is 38.9 Å². The van der Waals surface area contributed by atoms with E-state index in [2.05, 4.69) is 42.3 Å². The maximum absolute atomic E-state index is 11.3. The van der Waals surface area contributed by atoms with Gasteiger partial charge in [0.25, 0.3) is 0 Å². The van der Waals surface area contributed by atoms with Crippen molar-refractivity contribution >= 4 is 11.7 Å². The number of fused-ring (bicyclic) bond motifs is 1. The highest BCUT2D eigenvalue weighted by molar-refractivity contribution is 5.73. The van der Waals surface area contributed by atoms with Crippen LogP contribution in [0.4, 0.5) is 5.69 Å². The van der Waals surface area contributed by atoms with E-state index in [1.165, 1.54) is 16.8 Å². The Bertz CT molecular complexity index is 488. The maximum atomic E-state index is 11.3. The molecule has 0 spiro atoms. The first kappa shape index (κ1) is 15.8. The zero-order valence-corrected chi connectivity index (χ0v) is 13.1. The van der Waals surface area contributed by atoms with Crippen LogP contribution in [0.2, 0.25) is 0 Å². The molecule has 21 heavy (non-hydrogen) atoms. The van der Waals surface area contributed by atoms with Crippen molar-refractivity contribution in [1.82, 2.24) is 5.32 Å². The number of carboxylic acids is 1. The number of nitrogens with one attached hydrogen (secondary N) is 1. The summed E-state index contributed by atoms with van der Waals surface area (Å²) in [5.41, 5.74) is 3.98. The van der Waals surface area contributed by atoms with Gasteiger partial charge in [-0.1, -0.05) is 24.6 Å². The smallest absolute Gasteiger partial charge is 0.320 e. The molecule has 1 aromatic rings. The van der Waals surface area contributed by atoms with E-state index in [1.54, 1.807) is 0 Å². The molecule has 0 amide bonds. The van der Waals surface area contributed by atoms with Gasteiger partial charge in [0.15, 0.2) is 0 Å². The largest absolute Gasteiger partial charge is 0.480 e. The molecule has 0 radical (unpaired) electrons. The Morgan fingerprint density at radius 2 is 2.29 bits per heavy atom. The minimum absolute atomic E-state index is 0.444. The van der Waals surface area contributed by atoms with Gasteiger partial charge in [-0.05, 0) is 50.8 Å². The number of rotatable bonds is 7. The number of hydrogen-bond acceptors (Lipinski definition) is 3. The molecule has 2 rings (SSSR count). The van der Waals surface area contributed by atoms with E-state index in [4.69, 9.17) is 0 Å². The van der Waals surface area contributed by atoms with Crippen LogP contribution in [0.5, 0.6) is 0 Å². The molecule has 0 aromatic heterocycles. The summed E-state index contributed by atoms with van der Waals surface area (Å²) in [4.78, 5) is 13.6. The fourth-order valence-electron chi connectivity index (χ4n) is 2.95. The van der Waals surface area contributed by atoms with Crippen molar-refractivity contribution < 1.29 is 9.90 Å². The molecule has 1 aliphatic heterocycles. The first-order valence-corrected chi connectivity index (χ1v) is 7.92. The lowest BCUT2D eigenvalue weighted by Gasteiger charge is -2.32. The first-order chi connectivity index (χ1) is 10.1. The Balaban J connectivity index is 1.99. The minimum Gasteiger partial charge on any atom is -0.480 e. The number of anilines is 1. The zero-order chi connectivity index (χ0) is 15.2. The Kier molecular flexibility index (Phi) is 5.62. The van der Waals surface area contributed by atoms with Crippen LogP contribution in [-0.4, -0.2) is 36.8 Å². The number of hydrogen-bond donors (Lipinski definition) is 2. The summed E-state index contributed by atoms with van der Waals surface area (Å²) in [7, 11) is 0. The van der Waals surface area contributed by atoms with Crippen LogP contribution in [0.15, 0.2) is 18.2 Å². The van der Waals surface area contributed by atoms with Crippen molar-refractivity contribution in [1.29, 1.82) is 0 Å². The molecule has 116 valence electrons. The van der Waals surface area contributed by atoms with Crippen LogP contribution in [0.1, 0.15) is 37.3 Å². The van der Waals surface area contributed by atoms with E-state index < -0.39 is 12.0 Å². The van der Waals surface area contributed by atoms with Crippen molar-refractivity contribution in [2.24, 2.45) is 0 Å². The second kappa shape index (κ2) is 7.46. The van der Waals surface area contributed by atoms with Gasteiger partial charge in [-0.2, -0.15) is 0 Å². The zero-order valence-electron chi connectivity index (χ0n) is 13.1. The van der Waals surface area contributed by atoms with Gasteiger partial charge < -0.3 is 15.3 Å². The quantitative estimate of drug-likeness (QED) is 0.810. The van der Waals surface area contributed by atoms with Crippen molar-refractivity contribution in [2.45, 2.75) is 45.6 Å². The fraction of sp³-hybridized carbons (Fsp3) is 0.588. The lowest BCUT2D eigenvalue weighted by atomic mass is 9.99. The molecule has 4 nitrogen and oxygen atoms in total. The van der Waals surface area contributed by atoms with E-state index in [9.17, 15) is 9.90 Å². The van der Waals surface area contributed by atoms with Gasteiger partial charge in [0.1, 0.15) is 6.04 Å². The molecular weight excluding hydrogens is 264 g/mol. The van der Waals surface area contributed by atoms with E-state index >= 15 is 0 Å². The standard InChI is InChI=1S/C17H26N2O2/c1-3-9-18-15(17(20)21)8-11-19-10-4-5-14-12-13(2)6-7-16(14)19/h6-7,12,15,18H,3-5,8-11H2,1-2H3,(H,20,21). The molecule has 1 aromatic carbocycles. The molecular formula is C17H26N2O2. The number of benzene rings is 1. The summed E-state index contributed by atoms with van der Waals surface area (Å²) < 4.78 is 0. The number of nitrogens with zero attached hydrogens (tertiary/aromatic N) is 1. The molecule has 0 saturated carbocycles. The summed E-state index contributed by atoms with van der Waals surface area (Å²) >= 11 is 0. The third kappa shape index (κ3) is 4.21. The minimum atomic E-state index is -0.746. The Morgan fingerprint density at radius 1 is 1.48 bits per heavy atom. The summed E-state index contributed by atoms with van der Waals surface area (Å²) in [5.74, 6) is -0.746. The molecule has 1 atom stereocenters. The molecule has 1 heterocycles. The van der Waals surface area contributed by atoms with Crippen LogP contribution in [0.25, 0.3) is 0 Å². The summed E-state index contributed by atoms with van der Waals surface area (Å²) in [5, 5.41) is 12.4. The van der Waals surface area contributed by atoms with Gasteiger partial charge in [0.2, 0.25) is 0 Å². The average molecular weight is 290 g/mol. The van der Waals surface area contributed by atoms with Gasteiger partial charge in [0, 0.05) is 18.8 Å². The van der Waals surface area contributed by atoms with Crippen LogP contribution in [-0.2, 0) is 11.2 Å². The SMILES string of the molecule is CCCNC(CCN1CCCc2cc(C)ccc21)C(=O)O. The highest BCUT2D eigenvalue weighted by atomic mass is 16.4. The topological polar surface area (TPSA) is 52.6 Å². The van der Waals surface area contributed by atoms with E-state index in [1.807, 2.05) is 0 Å². The lowest BCUT2D eigenvalue weighted by molar-refractivity contribution is -0.139. The second-order valence-electron chi connectivity index (χ2n) is 5.86. The van der Waals surface area contributed by atoms with Crippen molar-refractivity contribution in [3.63, 3.8) is 0 Å². The molecule has 1 unspecified atom stereocenters. The number of aliphatic carboxylic acids is 1. The van der Waals surface area contributed by atoms with E-state index in [-0.39, 0.29) is 0 Å². The van der Waals surface area contributed by atoms with Gasteiger partial charge in [0.05, 0.1) is 0 Å². The first-order valence-electron chi connectivity index (χ1n) is 7.92. The van der Waals surface area contributed by atoms with Gasteiger partial charge in [-0.3, -0.25) is 4.79 Å². The third-order valence-corrected chi connectivity index (χ3v) is 4.08.